The molecule has 0 unspecified atom stereocenters. The van der Waals surface area contributed by atoms with Gasteiger partial charge in [0.05, 0.1) is 13.7 Å². The van der Waals surface area contributed by atoms with Crippen LogP contribution >= 0.6 is 0 Å². The molecule has 0 amide bonds. The van der Waals surface area contributed by atoms with Gasteiger partial charge in [-0.15, -0.1) is 0 Å². The Morgan fingerprint density at radius 2 is 1.65 bits per heavy atom. The third kappa shape index (κ3) is 9.16. The number of anilines is 3. The summed E-state index contributed by atoms with van der Waals surface area (Å²) in [5.41, 5.74) is 0.148. The molecule has 0 aliphatic carbocycles. The van der Waals surface area contributed by atoms with Crippen molar-refractivity contribution in [2.75, 3.05) is 37.5 Å². The van der Waals surface area contributed by atoms with E-state index >= 15 is 0 Å². The molecule has 2 aromatic carbocycles. The molecule has 1 aromatic heterocycles. The van der Waals surface area contributed by atoms with E-state index in [0.717, 1.165) is 7.11 Å². The number of nitrogens with zero attached hydrogens (tertiary/aromatic N) is 3. The molecule has 0 saturated heterocycles. The van der Waals surface area contributed by atoms with E-state index in [1.807, 2.05) is 36.4 Å². The highest BCUT2D eigenvalue weighted by atomic mass is 19.4. The first kappa shape index (κ1) is 26.1. The van der Waals surface area contributed by atoms with Crippen molar-refractivity contribution in [1.82, 2.24) is 15.0 Å². The summed E-state index contributed by atoms with van der Waals surface area (Å²) in [6, 6.07) is 15.2. The van der Waals surface area contributed by atoms with Crippen molar-refractivity contribution in [3.8, 4) is 11.8 Å². The summed E-state index contributed by atoms with van der Waals surface area (Å²) in [6.07, 6.45) is -4.59. The van der Waals surface area contributed by atoms with E-state index < -0.39 is 30.5 Å². The van der Waals surface area contributed by atoms with Crippen LogP contribution in [0.2, 0.25) is 0 Å². The van der Waals surface area contributed by atoms with Crippen LogP contribution in [0, 0.1) is 0 Å². The molecule has 0 saturated carbocycles. The van der Waals surface area contributed by atoms with Gasteiger partial charge in [-0.1, -0.05) is 36.4 Å². The quantitative estimate of drug-likeness (QED) is 0.355. The number of hydrogen-bond donors (Lipinski definition) is 4. The molecular formula is C21H22F3N5O5. The molecule has 1 heterocycles. The molecule has 3 aromatic rings. The molecule has 3 rings (SSSR count). The predicted molar refractivity (Wildman–Crippen MR) is 116 cm³/mol. The van der Waals surface area contributed by atoms with E-state index in [2.05, 4.69) is 35.1 Å². The van der Waals surface area contributed by atoms with E-state index in [4.69, 9.17) is 5.11 Å². The summed E-state index contributed by atoms with van der Waals surface area (Å²) in [4.78, 5) is 22.8. The molecule has 0 spiro atoms. The molecular weight excluding hydrogens is 459 g/mol. The number of nitrogens with one attached hydrogen (secondary N) is 2. The third-order valence-corrected chi connectivity index (χ3v) is 3.70. The number of phenols is 1. The van der Waals surface area contributed by atoms with Crippen LogP contribution in [0.4, 0.5) is 30.8 Å². The smallest absolute Gasteiger partial charge is 0.422 e. The van der Waals surface area contributed by atoms with Gasteiger partial charge >= 0.3 is 18.2 Å². The minimum atomic E-state index is -4.59. The number of rotatable bonds is 8. The number of aromatic nitrogens is 3. The Bertz CT molecular complexity index is 1030. The average Bonchev–Trinajstić information content (AvgIpc) is 2.82. The lowest BCUT2D eigenvalue weighted by Gasteiger charge is -2.12. The highest BCUT2D eigenvalue weighted by Gasteiger charge is 2.29. The number of aromatic hydroxyl groups is 1. The number of hydrogen-bond acceptors (Lipinski definition) is 10. The minimum absolute atomic E-state index is 0.0385. The second kappa shape index (κ2) is 12.8. The molecule has 0 radical (unpaired) electrons. The molecule has 10 nitrogen and oxygen atoms in total. The molecule has 34 heavy (non-hydrogen) atoms. The Hall–Kier alpha value is -4.13. The highest BCUT2D eigenvalue weighted by molar-refractivity contribution is 5.93. The Morgan fingerprint density at radius 1 is 1.03 bits per heavy atom. The van der Waals surface area contributed by atoms with Gasteiger partial charge in [-0.05, 0) is 12.1 Å². The van der Waals surface area contributed by atoms with Crippen LogP contribution in [0.1, 0.15) is 10.4 Å². The number of alkyl halides is 3. The Balaban J connectivity index is 0.000000589. The van der Waals surface area contributed by atoms with Gasteiger partial charge in [-0.3, -0.25) is 0 Å². The van der Waals surface area contributed by atoms with Crippen molar-refractivity contribution < 1.29 is 37.7 Å². The standard InChI is InChI=1S/C15H16F3N5O5.C6H6/c1-27-11(26)9-3-2-8(6-10(9)25)20-13-21-12(19-4-5-24)22-14(23-13)28-7-15(16,17)18;1-2-4-6-5-3-1/h2-3,6,24-25H,4-5,7H2,1H3,(H2,19,20,21,22,23);1-6H. The number of carbonyl (C=O) groups excluding carboxylic acids is 1. The maximum absolute atomic E-state index is 12.3. The maximum atomic E-state index is 12.3. The molecule has 0 bridgehead atoms. The molecule has 182 valence electrons. The normalized spacial score (nSPS) is 10.5. The van der Waals surface area contributed by atoms with Crippen molar-refractivity contribution in [1.29, 1.82) is 0 Å². The van der Waals surface area contributed by atoms with E-state index in [-0.39, 0.29) is 36.3 Å². The van der Waals surface area contributed by atoms with Gasteiger partial charge in [0, 0.05) is 18.3 Å². The van der Waals surface area contributed by atoms with Crippen LogP contribution in [0.25, 0.3) is 0 Å². The second-order valence-electron chi connectivity index (χ2n) is 6.32. The van der Waals surface area contributed by atoms with Gasteiger partial charge in [0.25, 0.3) is 0 Å². The topological polar surface area (TPSA) is 139 Å². The molecule has 0 fully saturated rings. The SMILES string of the molecule is COC(=O)c1ccc(Nc2nc(NCCO)nc(OCC(F)(F)F)n2)cc1O.c1ccccc1. The Kier molecular flexibility index (Phi) is 9.83. The summed E-state index contributed by atoms with van der Waals surface area (Å²) in [5.74, 6) is -1.47. The van der Waals surface area contributed by atoms with Crippen molar-refractivity contribution >= 4 is 23.6 Å². The van der Waals surface area contributed by atoms with Crippen molar-refractivity contribution in [2.24, 2.45) is 0 Å². The highest BCUT2D eigenvalue weighted by Crippen LogP contribution is 2.25. The summed E-state index contributed by atoms with van der Waals surface area (Å²) in [7, 11) is 1.15. The molecule has 0 aliphatic heterocycles. The average molecular weight is 481 g/mol. The fourth-order valence-electron chi connectivity index (χ4n) is 2.28. The number of phenolic OH excluding ortho intramolecular Hbond substituents is 1. The van der Waals surface area contributed by atoms with Crippen LogP contribution < -0.4 is 15.4 Å². The largest absolute Gasteiger partial charge is 0.507 e. The number of methoxy groups -OCH3 is 1. The van der Waals surface area contributed by atoms with Crippen LogP contribution in [0.3, 0.4) is 0 Å². The number of halogens is 3. The maximum Gasteiger partial charge on any atom is 0.422 e. The Labute approximate surface area is 192 Å². The fourth-order valence-corrected chi connectivity index (χ4v) is 2.28. The Morgan fingerprint density at radius 3 is 2.18 bits per heavy atom. The number of esters is 1. The lowest BCUT2D eigenvalue weighted by atomic mass is 10.2. The number of ether oxygens (including phenoxy) is 2. The first-order chi connectivity index (χ1) is 16.2. The summed E-state index contributed by atoms with van der Waals surface area (Å²) in [5, 5.41) is 23.9. The fraction of sp³-hybridized carbons (Fsp3) is 0.238. The zero-order chi connectivity index (χ0) is 25.0. The van der Waals surface area contributed by atoms with Crippen molar-refractivity contribution in [3.05, 3.63) is 60.2 Å². The van der Waals surface area contributed by atoms with Crippen molar-refractivity contribution in [3.63, 3.8) is 0 Å². The number of aliphatic hydroxyl groups excluding tert-OH is 1. The summed E-state index contributed by atoms with van der Waals surface area (Å²) < 4.78 is 46.1. The van der Waals surface area contributed by atoms with Crippen LogP contribution in [-0.4, -0.2) is 64.2 Å². The zero-order valence-electron chi connectivity index (χ0n) is 17.9. The minimum Gasteiger partial charge on any atom is -0.507 e. The molecule has 0 aliphatic rings. The lowest BCUT2D eigenvalue weighted by Crippen LogP contribution is -2.21. The summed E-state index contributed by atoms with van der Waals surface area (Å²) >= 11 is 0. The van der Waals surface area contributed by atoms with Crippen LogP contribution in [-0.2, 0) is 4.74 Å². The lowest BCUT2D eigenvalue weighted by molar-refractivity contribution is -0.154. The van der Waals surface area contributed by atoms with Gasteiger partial charge in [0.1, 0.15) is 11.3 Å². The van der Waals surface area contributed by atoms with Gasteiger partial charge < -0.3 is 30.3 Å². The van der Waals surface area contributed by atoms with E-state index in [0.29, 0.717) is 0 Å². The van der Waals surface area contributed by atoms with E-state index in [9.17, 15) is 23.1 Å². The van der Waals surface area contributed by atoms with Gasteiger partial charge in [-0.2, -0.15) is 28.1 Å². The molecule has 13 heteroatoms. The zero-order valence-corrected chi connectivity index (χ0v) is 17.9. The van der Waals surface area contributed by atoms with Crippen LogP contribution in [0.15, 0.2) is 54.6 Å². The van der Waals surface area contributed by atoms with Crippen LogP contribution in [0.5, 0.6) is 11.8 Å². The molecule has 4 N–H and O–H groups in total. The van der Waals surface area contributed by atoms with Crippen molar-refractivity contribution in [2.45, 2.75) is 6.18 Å². The number of benzene rings is 2. The first-order valence-electron chi connectivity index (χ1n) is 9.70. The van der Waals surface area contributed by atoms with Gasteiger partial charge in [-0.25, -0.2) is 4.79 Å². The van der Waals surface area contributed by atoms with Gasteiger partial charge in [0.15, 0.2) is 6.61 Å². The predicted octanol–water partition coefficient (Wildman–Crippen LogP) is 3.14. The van der Waals surface area contributed by atoms with E-state index in [1.165, 1.54) is 18.2 Å². The molecule has 0 atom stereocenters. The third-order valence-electron chi connectivity index (χ3n) is 3.70. The van der Waals surface area contributed by atoms with Gasteiger partial charge in [0.2, 0.25) is 11.9 Å². The first-order valence-corrected chi connectivity index (χ1v) is 9.70. The number of carbonyl (C=O) groups is 1. The second-order valence-corrected chi connectivity index (χ2v) is 6.32. The monoisotopic (exact) mass is 481 g/mol. The number of aliphatic hydroxyl groups is 1. The summed E-state index contributed by atoms with van der Waals surface area (Å²) in [6.45, 7) is -1.84. The van der Waals surface area contributed by atoms with E-state index in [1.54, 1.807) is 0 Å².